The fourth-order valence-corrected chi connectivity index (χ4v) is 4.76. The average Bonchev–Trinajstić information content (AvgIpc) is 2.80. The molecule has 1 N–H and O–H groups in total. The lowest BCUT2D eigenvalue weighted by molar-refractivity contribution is -0.141. The first-order chi connectivity index (χ1) is 16.1. The highest BCUT2D eigenvalue weighted by Crippen LogP contribution is 2.21. The summed E-state index contributed by atoms with van der Waals surface area (Å²) in [7, 11) is -0.382. The van der Waals surface area contributed by atoms with Gasteiger partial charge in [-0.15, -0.1) is 0 Å². The van der Waals surface area contributed by atoms with Crippen LogP contribution in [0.4, 0.5) is 5.69 Å². The second-order valence-electron chi connectivity index (χ2n) is 8.19. The maximum atomic E-state index is 13.3. The fourth-order valence-electron chi connectivity index (χ4n) is 3.80. The van der Waals surface area contributed by atoms with Crippen molar-refractivity contribution in [2.75, 3.05) is 31.3 Å². The Balaban J connectivity index is 2.18. The van der Waals surface area contributed by atoms with Gasteiger partial charge in [0.2, 0.25) is 21.8 Å². The first-order valence-electron chi connectivity index (χ1n) is 11.3. The van der Waals surface area contributed by atoms with Gasteiger partial charge in [-0.2, -0.15) is 0 Å². The highest BCUT2D eigenvalue weighted by Gasteiger charge is 2.28. The first-order valence-corrected chi connectivity index (χ1v) is 13.1. The Labute approximate surface area is 202 Å². The lowest BCUT2D eigenvalue weighted by atomic mass is 10.1. The Hall–Kier alpha value is -3.07. The Morgan fingerprint density at radius 1 is 1.12 bits per heavy atom. The minimum absolute atomic E-state index is 0.113. The lowest BCUT2D eigenvalue weighted by Gasteiger charge is -2.31. The third-order valence-corrected chi connectivity index (χ3v) is 6.78. The van der Waals surface area contributed by atoms with Crippen LogP contribution in [-0.2, 0) is 26.2 Å². The number of sulfonamides is 1. The van der Waals surface area contributed by atoms with Crippen molar-refractivity contribution in [3.8, 4) is 5.75 Å². The van der Waals surface area contributed by atoms with Crippen LogP contribution in [0.3, 0.4) is 0 Å². The van der Waals surface area contributed by atoms with Crippen LogP contribution < -0.4 is 14.4 Å². The van der Waals surface area contributed by atoms with E-state index in [1.54, 1.807) is 37.3 Å². The first kappa shape index (κ1) is 27.2. The van der Waals surface area contributed by atoms with Gasteiger partial charge in [0.25, 0.3) is 0 Å². The summed E-state index contributed by atoms with van der Waals surface area (Å²) in [5.74, 6) is 0.267. The minimum Gasteiger partial charge on any atom is -0.497 e. The summed E-state index contributed by atoms with van der Waals surface area (Å²) < 4.78 is 31.3. The van der Waals surface area contributed by atoms with E-state index in [0.717, 1.165) is 17.4 Å². The molecule has 0 aliphatic carbocycles. The van der Waals surface area contributed by atoms with E-state index in [4.69, 9.17) is 4.74 Å². The standard InChI is InChI=1S/C25H35N3O5S/c1-6-23(25(30)26-3)27(18-20-12-14-22(33-4)15-13-20)24(29)11-8-16-28(34(5,31)32)21-10-7-9-19(2)17-21/h7,9-10,12-15,17,23H,6,8,11,16,18H2,1-5H3,(H,26,30). The normalized spacial score (nSPS) is 12.0. The lowest BCUT2D eigenvalue weighted by Crippen LogP contribution is -2.48. The molecule has 2 aromatic carbocycles. The molecule has 0 saturated heterocycles. The third kappa shape index (κ3) is 7.48. The van der Waals surface area contributed by atoms with Crippen LogP contribution in [0.15, 0.2) is 48.5 Å². The van der Waals surface area contributed by atoms with Crippen molar-refractivity contribution in [2.45, 2.75) is 45.7 Å². The van der Waals surface area contributed by atoms with E-state index in [-0.39, 0.29) is 31.3 Å². The number of benzene rings is 2. The van der Waals surface area contributed by atoms with Crippen LogP contribution in [0.5, 0.6) is 5.75 Å². The number of amides is 2. The second-order valence-corrected chi connectivity index (χ2v) is 10.1. The number of hydrogen-bond acceptors (Lipinski definition) is 5. The van der Waals surface area contributed by atoms with Crippen molar-refractivity contribution < 1.29 is 22.7 Å². The molecule has 2 rings (SSSR count). The molecule has 0 fully saturated rings. The van der Waals surface area contributed by atoms with Crippen molar-refractivity contribution in [3.05, 3.63) is 59.7 Å². The number of nitrogens with zero attached hydrogens (tertiary/aromatic N) is 2. The molecule has 0 aromatic heterocycles. The van der Waals surface area contributed by atoms with Gasteiger partial charge < -0.3 is 15.0 Å². The maximum Gasteiger partial charge on any atom is 0.242 e. The van der Waals surface area contributed by atoms with Crippen LogP contribution in [-0.4, -0.2) is 58.1 Å². The molecule has 0 spiro atoms. The predicted molar refractivity (Wildman–Crippen MR) is 134 cm³/mol. The number of carbonyl (C=O) groups is 2. The van der Waals surface area contributed by atoms with Crippen molar-refractivity contribution in [3.63, 3.8) is 0 Å². The van der Waals surface area contributed by atoms with Crippen LogP contribution in [0, 0.1) is 6.92 Å². The number of nitrogens with one attached hydrogen (secondary N) is 1. The molecular formula is C25H35N3O5S. The number of rotatable bonds is 12. The molecule has 0 aliphatic heterocycles. The van der Waals surface area contributed by atoms with Gasteiger partial charge in [0.05, 0.1) is 19.1 Å². The molecule has 0 radical (unpaired) electrons. The highest BCUT2D eigenvalue weighted by atomic mass is 32.2. The number of carbonyl (C=O) groups excluding carboxylic acids is 2. The zero-order chi connectivity index (χ0) is 25.3. The summed E-state index contributed by atoms with van der Waals surface area (Å²) >= 11 is 0. The summed E-state index contributed by atoms with van der Waals surface area (Å²) in [4.78, 5) is 27.3. The summed E-state index contributed by atoms with van der Waals surface area (Å²) in [6.45, 7) is 4.19. The van der Waals surface area contributed by atoms with Gasteiger partial charge in [0.15, 0.2) is 0 Å². The van der Waals surface area contributed by atoms with Gasteiger partial charge in [-0.05, 0) is 55.2 Å². The van der Waals surface area contributed by atoms with E-state index in [1.807, 2.05) is 44.2 Å². The Bertz CT molecular complexity index is 1070. The van der Waals surface area contributed by atoms with E-state index < -0.39 is 16.1 Å². The van der Waals surface area contributed by atoms with E-state index in [0.29, 0.717) is 24.3 Å². The summed E-state index contributed by atoms with van der Waals surface area (Å²) in [5, 5.41) is 2.64. The van der Waals surface area contributed by atoms with Gasteiger partial charge in [-0.1, -0.05) is 31.2 Å². The highest BCUT2D eigenvalue weighted by molar-refractivity contribution is 7.92. The fraction of sp³-hybridized carbons (Fsp3) is 0.440. The molecule has 186 valence electrons. The van der Waals surface area contributed by atoms with Crippen molar-refractivity contribution in [1.29, 1.82) is 0 Å². The van der Waals surface area contributed by atoms with Crippen LogP contribution in [0.2, 0.25) is 0 Å². The second kappa shape index (κ2) is 12.4. The Morgan fingerprint density at radius 3 is 2.32 bits per heavy atom. The number of anilines is 1. The summed E-state index contributed by atoms with van der Waals surface area (Å²) in [5.41, 5.74) is 2.39. The minimum atomic E-state index is -3.51. The number of aryl methyl sites for hydroxylation is 1. The van der Waals surface area contributed by atoms with Crippen LogP contribution in [0.25, 0.3) is 0 Å². The molecule has 0 bridgehead atoms. The zero-order valence-electron chi connectivity index (χ0n) is 20.6. The largest absolute Gasteiger partial charge is 0.497 e. The number of methoxy groups -OCH3 is 1. The molecule has 2 amide bonds. The van der Waals surface area contributed by atoms with Crippen molar-refractivity contribution in [1.82, 2.24) is 10.2 Å². The van der Waals surface area contributed by atoms with Gasteiger partial charge >= 0.3 is 0 Å². The molecule has 8 nitrogen and oxygen atoms in total. The summed E-state index contributed by atoms with van der Waals surface area (Å²) in [6.07, 6.45) is 2.05. The number of ether oxygens (including phenoxy) is 1. The Kier molecular flexibility index (Phi) is 9.92. The molecule has 1 unspecified atom stereocenters. The molecule has 0 aliphatic rings. The van der Waals surface area contributed by atoms with Gasteiger partial charge in [0, 0.05) is 26.6 Å². The van der Waals surface area contributed by atoms with Crippen molar-refractivity contribution >= 4 is 27.5 Å². The van der Waals surface area contributed by atoms with Crippen LogP contribution in [0.1, 0.15) is 37.3 Å². The molecule has 2 aromatic rings. The van der Waals surface area contributed by atoms with E-state index in [9.17, 15) is 18.0 Å². The molecular weight excluding hydrogens is 454 g/mol. The quantitative estimate of drug-likeness (QED) is 0.494. The molecule has 1 atom stereocenters. The molecule has 9 heteroatoms. The Morgan fingerprint density at radius 2 is 1.79 bits per heavy atom. The summed E-state index contributed by atoms with van der Waals surface area (Å²) in [6, 6.07) is 14.0. The molecule has 0 heterocycles. The monoisotopic (exact) mass is 489 g/mol. The zero-order valence-corrected chi connectivity index (χ0v) is 21.4. The maximum absolute atomic E-state index is 13.3. The van der Waals surface area contributed by atoms with E-state index in [2.05, 4.69) is 5.32 Å². The number of hydrogen-bond donors (Lipinski definition) is 1. The number of likely N-dealkylation sites (N-methyl/N-ethyl adjacent to an activating group) is 1. The molecule has 0 saturated carbocycles. The third-order valence-electron chi connectivity index (χ3n) is 5.59. The predicted octanol–water partition coefficient (Wildman–Crippen LogP) is 3.10. The van der Waals surface area contributed by atoms with Crippen LogP contribution >= 0.6 is 0 Å². The van der Waals surface area contributed by atoms with Gasteiger partial charge in [0.1, 0.15) is 11.8 Å². The van der Waals surface area contributed by atoms with Gasteiger partial charge in [-0.25, -0.2) is 8.42 Å². The van der Waals surface area contributed by atoms with Gasteiger partial charge in [-0.3, -0.25) is 13.9 Å². The smallest absolute Gasteiger partial charge is 0.242 e. The topological polar surface area (TPSA) is 96.0 Å². The average molecular weight is 490 g/mol. The molecule has 34 heavy (non-hydrogen) atoms. The van der Waals surface area contributed by atoms with E-state index in [1.165, 1.54) is 4.31 Å². The SMILES string of the molecule is CCC(C(=O)NC)N(Cc1ccc(OC)cc1)C(=O)CCCN(c1cccc(C)c1)S(C)(=O)=O. The van der Waals surface area contributed by atoms with E-state index >= 15 is 0 Å². The van der Waals surface area contributed by atoms with Crippen molar-refractivity contribution in [2.24, 2.45) is 0 Å².